The van der Waals surface area contributed by atoms with Crippen LogP contribution in [-0.2, 0) is 4.84 Å². The molecule has 1 heterocycles. The van der Waals surface area contributed by atoms with Gasteiger partial charge in [0.25, 0.3) is 5.91 Å². The molecule has 0 aliphatic heterocycles. The molecule has 5 nitrogen and oxygen atoms in total. The van der Waals surface area contributed by atoms with Crippen LogP contribution in [0.15, 0.2) is 35.5 Å². The van der Waals surface area contributed by atoms with Gasteiger partial charge in [0.15, 0.2) is 0 Å². The van der Waals surface area contributed by atoms with E-state index in [0.29, 0.717) is 9.75 Å². The molecule has 0 unspecified atom stereocenters. The molecule has 1 N–H and O–H groups in total. The van der Waals surface area contributed by atoms with Crippen LogP contribution >= 0.6 is 11.3 Å². The van der Waals surface area contributed by atoms with Crippen molar-refractivity contribution in [2.75, 3.05) is 7.11 Å². The van der Waals surface area contributed by atoms with Gasteiger partial charge in [0.2, 0.25) is 0 Å². The normalized spacial score (nSPS) is 10.3. The number of nitriles is 1. The van der Waals surface area contributed by atoms with Crippen molar-refractivity contribution in [2.45, 2.75) is 6.92 Å². The van der Waals surface area contributed by atoms with Crippen LogP contribution in [0.4, 0.5) is 0 Å². The van der Waals surface area contributed by atoms with Crippen LogP contribution in [0.3, 0.4) is 0 Å². The Hall–Kier alpha value is -2.65. The first-order valence-corrected chi connectivity index (χ1v) is 6.95. The first-order chi connectivity index (χ1) is 10.2. The number of thiophene rings is 1. The molecule has 0 radical (unpaired) electrons. The average molecular weight is 299 g/mol. The molecule has 1 amide bonds. The fourth-order valence-corrected chi connectivity index (χ4v) is 2.99. The van der Waals surface area contributed by atoms with E-state index in [0.717, 1.165) is 16.7 Å². The van der Waals surface area contributed by atoms with Gasteiger partial charge < -0.3 is 10.2 Å². The fourth-order valence-electron chi connectivity index (χ4n) is 1.96. The zero-order valence-electron chi connectivity index (χ0n) is 11.6. The molecule has 0 saturated carbocycles. The maximum atomic E-state index is 12.1. The molecule has 0 aliphatic rings. The monoisotopic (exact) mass is 299 g/mol. The van der Waals surface area contributed by atoms with Crippen LogP contribution in [0.5, 0.6) is 0 Å². The summed E-state index contributed by atoms with van der Waals surface area (Å²) in [5.41, 5.74) is 2.51. The number of amides is 1. The number of nitrogens with one attached hydrogen (secondary N) is 1. The van der Waals surface area contributed by atoms with E-state index in [1.54, 1.807) is 0 Å². The maximum absolute atomic E-state index is 12.1. The summed E-state index contributed by atoms with van der Waals surface area (Å²) in [5, 5.41) is 15.3. The number of rotatable bonds is 4. The Morgan fingerprint density at radius 1 is 1.43 bits per heavy atom. The molecule has 21 heavy (non-hydrogen) atoms. The molecular formula is C15H13N3O2S. The summed E-state index contributed by atoms with van der Waals surface area (Å²) in [5.74, 6) is -0.308. The van der Waals surface area contributed by atoms with Gasteiger partial charge in [-0.15, -0.1) is 11.3 Å². The molecule has 106 valence electrons. The van der Waals surface area contributed by atoms with E-state index in [1.807, 2.05) is 37.3 Å². The highest BCUT2D eigenvalue weighted by Gasteiger charge is 2.20. The largest absolute Gasteiger partial charge is 0.398 e. The predicted molar refractivity (Wildman–Crippen MR) is 82.2 cm³/mol. The van der Waals surface area contributed by atoms with Crippen LogP contribution in [0.1, 0.15) is 20.1 Å². The summed E-state index contributed by atoms with van der Waals surface area (Å²) in [7, 11) is 1.39. The Balaban J connectivity index is 2.43. The van der Waals surface area contributed by atoms with Crippen LogP contribution < -0.4 is 5.32 Å². The van der Waals surface area contributed by atoms with Gasteiger partial charge in [0.05, 0.1) is 4.88 Å². The van der Waals surface area contributed by atoms with Crippen molar-refractivity contribution in [2.24, 2.45) is 5.16 Å². The summed E-state index contributed by atoms with van der Waals surface area (Å²) in [6.45, 7) is 1.84. The third-order valence-corrected chi connectivity index (χ3v) is 4.07. The lowest BCUT2D eigenvalue weighted by atomic mass is 10.0. The van der Waals surface area contributed by atoms with Gasteiger partial charge in [0, 0.05) is 5.56 Å². The first-order valence-electron chi connectivity index (χ1n) is 6.13. The van der Waals surface area contributed by atoms with Crippen LogP contribution in [-0.4, -0.2) is 19.4 Å². The Labute approximate surface area is 126 Å². The predicted octanol–water partition coefficient (Wildman–Crippen LogP) is 2.91. The van der Waals surface area contributed by atoms with Gasteiger partial charge in [-0.1, -0.05) is 35.5 Å². The molecule has 1 aromatic heterocycles. The van der Waals surface area contributed by atoms with E-state index in [-0.39, 0.29) is 5.91 Å². The molecule has 0 saturated heterocycles. The van der Waals surface area contributed by atoms with E-state index >= 15 is 0 Å². The molecule has 0 bridgehead atoms. The van der Waals surface area contributed by atoms with Crippen LogP contribution in [0, 0.1) is 18.3 Å². The number of benzene rings is 1. The lowest BCUT2D eigenvalue weighted by Crippen LogP contribution is -2.21. The number of carbonyl (C=O) groups excluding carboxylic acids is 1. The van der Waals surface area contributed by atoms with Crippen molar-refractivity contribution in [1.29, 1.82) is 5.26 Å². The second-order valence-corrected chi connectivity index (χ2v) is 5.15. The molecule has 2 aromatic rings. The molecule has 1 aromatic carbocycles. The van der Waals surface area contributed by atoms with E-state index in [4.69, 9.17) is 0 Å². The second kappa shape index (κ2) is 6.68. The van der Waals surface area contributed by atoms with E-state index in [9.17, 15) is 10.1 Å². The van der Waals surface area contributed by atoms with Gasteiger partial charge in [0.1, 0.15) is 24.4 Å². The third-order valence-electron chi connectivity index (χ3n) is 2.87. The van der Waals surface area contributed by atoms with Crippen molar-refractivity contribution in [1.82, 2.24) is 5.32 Å². The number of oxime groups is 1. The van der Waals surface area contributed by atoms with Crippen LogP contribution in [0.25, 0.3) is 11.1 Å². The minimum absolute atomic E-state index is 0.308. The molecule has 0 spiro atoms. The van der Waals surface area contributed by atoms with Gasteiger partial charge in [-0.25, -0.2) is 0 Å². The molecular weight excluding hydrogens is 286 g/mol. The van der Waals surface area contributed by atoms with Gasteiger partial charge in [-0.3, -0.25) is 4.79 Å². The second-order valence-electron chi connectivity index (χ2n) is 4.13. The molecule has 6 heteroatoms. The Morgan fingerprint density at radius 2 is 2.14 bits per heavy atom. The topological polar surface area (TPSA) is 74.5 Å². The standard InChI is InChI=1S/C15H13N3O2S/c1-10-13(11-6-4-3-5-7-11)12(8-16)21-14(10)15(19)17-9-18-20-2/h3-7,9H,1-2H3,(H,17,18,19). The lowest BCUT2D eigenvalue weighted by molar-refractivity contribution is 0.0980. The van der Waals surface area contributed by atoms with Crippen molar-refractivity contribution < 1.29 is 9.63 Å². The van der Waals surface area contributed by atoms with Gasteiger partial charge in [-0.2, -0.15) is 5.26 Å². The Bertz CT molecular complexity index is 715. The summed E-state index contributed by atoms with van der Waals surface area (Å²) in [6, 6.07) is 11.7. The van der Waals surface area contributed by atoms with Gasteiger partial charge in [-0.05, 0) is 18.1 Å². The van der Waals surface area contributed by atoms with Crippen LogP contribution in [0.2, 0.25) is 0 Å². The lowest BCUT2D eigenvalue weighted by Gasteiger charge is -2.02. The molecule has 0 aliphatic carbocycles. The van der Waals surface area contributed by atoms with Crippen molar-refractivity contribution >= 4 is 23.6 Å². The number of nitrogens with zero attached hydrogens (tertiary/aromatic N) is 2. The number of hydrogen-bond acceptors (Lipinski definition) is 5. The maximum Gasteiger partial charge on any atom is 0.266 e. The van der Waals surface area contributed by atoms with E-state index < -0.39 is 0 Å². The van der Waals surface area contributed by atoms with Crippen molar-refractivity contribution in [3.63, 3.8) is 0 Å². The van der Waals surface area contributed by atoms with Crippen molar-refractivity contribution in [3.8, 4) is 17.2 Å². The molecule has 2 rings (SSSR count). The molecule has 0 atom stereocenters. The molecule has 0 fully saturated rings. The highest BCUT2D eigenvalue weighted by Crippen LogP contribution is 2.35. The zero-order valence-corrected chi connectivity index (χ0v) is 12.4. The summed E-state index contributed by atoms with van der Waals surface area (Å²) in [4.78, 5) is 17.6. The Kier molecular flexibility index (Phi) is 4.69. The van der Waals surface area contributed by atoms with Gasteiger partial charge >= 0.3 is 0 Å². The first kappa shape index (κ1) is 14.8. The highest BCUT2D eigenvalue weighted by molar-refractivity contribution is 7.15. The quantitative estimate of drug-likeness (QED) is 0.536. The van der Waals surface area contributed by atoms with E-state index in [1.165, 1.54) is 24.8 Å². The fraction of sp³-hybridized carbons (Fsp3) is 0.133. The number of carbonyl (C=O) groups is 1. The average Bonchev–Trinajstić information content (AvgIpc) is 2.85. The van der Waals surface area contributed by atoms with E-state index in [2.05, 4.69) is 21.4 Å². The highest BCUT2D eigenvalue weighted by atomic mass is 32.1. The minimum atomic E-state index is -0.308. The smallest absolute Gasteiger partial charge is 0.266 e. The van der Waals surface area contributed by atoms with Crippen molar-refractivity contribution in [3.05, 3.63) is 45.6 Å². The summed E-state index contributed by atoms with van der Waals surface area (Å²) < 4.78 is 0. The Morgan fingerprint density at radius 3 is 2.76 bits per heavy atom. The minimum Gasteiger partial charge on any atom is -0.398 e. The zero-order chi connectivity index (χ0) is 15.2. The third kappa shape index (κ3) is 3.09. The number of hydrogen-bond donors (Lipinski definition) is 1. The summed E-state index contributed by atoms with van der Waals surface area (Å²) >= 11 is 1.17. The SMILES string of the molecule is CO/N=C/NC(=O)c1sc(C#N)c(-c2ccccc2)c1C. The summed E-state index contributed by atoms with van der Waals surface area (Å²) in [6.07, 6.45) is 1.18.